The molecule has 0 saturated heterocycles. The molecular weight excluding hydrogens is 374 g/mol. The van der Waals surface area contributed by atoms with Gasteiger partial charge in [0, 0.05) is 5.02 Å². The highest BCUT2D eigenvalue weighted by Gasteiger charge is 2.22. The second-order valence-corrected chi connectivity index (χ2v) is 8.14. The summed E-state index contributed by atoms with van der Waals surface area (Å²) in [6, 6.07) is 14.1. The van der Waals surface area contributed by atoms with Gasteiger partial charge in [0.15, 0.2) is 0 Å². The number of anilines is 1. The zero-order valence-corrected chi connectivity index (χ0v) is 16.3. The molecule has 0 aromatic heterocycles. The maximum absolute atomic E-state index is 12.2. The molecule has 0 fully saturated rings. The van der Waals surface area contributed by atoms with Gasteiger partial charge in [0.1, 0.15) is 6.54 Å². The third-order valence-electron chi connectivity index (χ3n) is 3.65. The molecular formula is C18H20ClN3O3S. The number of benzene rings is 2. The molecule has 2 aromatic carbocycles. The van der Waals surface area contributed by atoms with Gasteiger partial charge < -0.3 is 0 Å². The molecule has 8 heteroatoms. The van der Waals surface area contributed by atoms with Crippen molar-refractivity contribution < 1.29 is 13.2 Å². The first-order valence-corrected chi connectivity index (χ1v) is 10.0. The maximum atomic E-state index is 12.2. The topological polar surface area (TPSA) is 78.8 Å². The van der Waals surface area contributed by atoms with E-state index in [1.54, 1.807) is 32.0 Å². The molecule has 138 valence electrons. The molecule has 26 heavy (non-hydrogen) atoms. The molecule has 0 aliphatic carbocycles. The Morgan fingerprint density at radius 2 is 1.85 bits per heavy atom. The van der Waals surface area contributed by atoms with Gasteiger partial charge in [0.05, 0.1) is 17.7 Å². The zero-order chi connectivity index (χ0) is 19.3. The van der Waals surface area contributed by atoms with Crippen LogP contribution in [0.15, 0.2) is 53.6 Å². The van der Waals surface area contributed by atoms with Gasteiger partial charge in [-0.15, -0.1) is 0 Å². The van der Waals surface area contributed by atoms with Crippen LogP contribution >= 0.6 is 11.6 Å². The van der Waals surface area contributed by atoms with E-state index in [9.17, 15) is 13.2 Å². The summed E-state index contributed by atoms with van der Waals surface area (Å²) in [6.45, 7) is 3.11. The maximum Gasteiger partial charge on any atom is 0.260 e. The molecule has 0 saturated carbocycles. The molecule has 0 spiro atoms. The largest absolute Gasteiger partial charge is 0.271 e. The molecule has 1 N–H and O–H groups in total. The van der Waals surface area contributed by atoms with Crippen LogP contribution in [0.5, 0.6) is 0 Å². The van der Waals surface area contributed by atoms with Crippen LogP contribution in [-0.2, 0) is 14.8 Å². The number of aryl methyl sites for hydroxylation is 1. The van der Waals surface area contributed by atoms with Gasteiger partial charge in [-0.1, -0.05) is 41.9 Å². The van der Waals surface area contributed by atoms with Gasteiger partial charge in [-0.3, -0.25) is 9.10 Å². The smallest absolute Gasteiger partial charge is 0.260 e. The SMILES string of the molecule is C/C(=N/NC(=O)CN(c1ccc(Cl)cc1C)S(C)(=O)=O)c1ccccc1. The van der Waals surface area contributed by atoms with Crippen LogP contribution in [0.1, 0.15) is 18.1 Å². The van der Waals surface area contributed by atoms with Crippen molar-refractivity contribution in [3.05, 3.63) is 64.7 Å². The van der Waals surface area contributed by atoms with E-state index in [4.69, 9.17) is 11.6 Å². The molecule has 6 nitrogen and oxygen atoms in total. The number of nitrogens with one attached hydrogen (secondary N) is 1. The highest BCUT2D eigenvalue weighted by Crippen LogP contribution is 2.25. The van der Waals surface area contributed by atoms with Gasteiger partial charge in [-0.2, -0.15) is 5.10 Å². The predicted octanol–water partition coefficient (Wildman–Crippen LogP) is 2.95. The normalized spacial score (nSPS) is 11.9. The summed E-state index contributed by atoms with van der Waals surface area (Å²) in [7, 11) is -3.66. The van der Waals surface area contributed by atoms with Crippen LogP contribution in [0.4, 0.5) is 5.69 Å². The van der Waals surface area contributed by atoms with E-state index in [-0.39, 0.29) is 6.54 Å². The van der Waals surface area contributed by atoms with E-state index in [1.165, 1.54) is 0 Å². The number of carbonyl (C=O) groups is 1. The van der Waals surface area contributed by atoms with E-state index >= 15 is 0 Å². The molecule has 0 aliphatic heterocycles. The number of hydrazone groups is 1. The third-order valence-corrected chi connectivity index (χ3v) is 5.02. The Morgan fingerprint density at radius 3 is 2.42 bits per heavy atom. The van der Waals surface area contributed by atoms with Gasteiger partial charge in [-0.25, -0.2) is 13.8 Å². The van der Waals surface area contributed by atoms with Crippen molar-refractivity contribution >= 4 is 38.9 Å². The van der Waals surface area contributed by atoms with Gasteiger partial charge in [0.25, 0.3) is 5.91 Å². The van der Waals surface area contributed by atoms with E-state index in [1.807, 2.05) is 30.3 Å². The molecule has 0 aliphatic rings. The molecule has 0 heterocycles. The van der Waals surface area contributed by atoms with Crippen LogP contribution in [0.2, 0.25) is 5.02 Å². The Bertz CT molecular complexity index is 928. The van der Waals surface area contributed by atoms with Crippen LogP contribution < -0.4 is 9.73 Å². The fourth-order valence-corrected chi connectivity index (χ4v) is 3.48. The van der Waals surface area contributed by atoms with Crippen LogP contribution in [-0.4, -0.2) is 32.8 Å². The van der Waals surface area contributed by atoms with Crippen molar-refractivity contribution in [1.82, 2.24) is 5.43 Å². The Morgan fingerprint density at radius 1 is 1.19 bits per heavy atom. The number of hydrogen-bond donors (Lipinski definition) is 1. The highest BCUT2D eigenvalue weighted by atomic mass is 35.5. The van der Waals surface area contributed by atoms with Gasteiger partial charge in [-0.05, 0) is 43.2 Å². The summed E-state index contributed by atoms with van der Waals surface area (Å²) in [5.41, 5.74) is 4.93. The summed E-state index contributed by atoms with van der Waals surface area (Å²) < 4.78 is 25.3. The molecule has 2 aromatic rings. The van der Waals surface area contributed by atoms with E-state index < -0.39 is 15.9 Å². The van der Waals surface area contributed by atoms with Crippen LogP contribution in [0.25, 0.3) is 0 Å². The lowest BCUT2D eigenvalue weighted by Crippen LogP contribution is -2.39. The molecule has 2 rings (SSSR count). The molecule has 0 bridgehead atoms. The van der Waals surface area contributed by atoms with E-state index in [0.717, 1.165) is 16.1 Å². The highest BCUT2D eigenvalue weighted by molar-refractivity contribution is 7.92. The number of rotatable bonds is 6. The predicted molar refractivity (Wildman–Crippen MR) is 105 cm³/mol. The summed E-state index contributed by atoms with van der Waals surface area (Å²) in [6.07, 6.45) is 1.05. The second kappa shape index (κ2) is 8.33. The molecule has 0 atom stereocenters. The van der Waals surface area contributed by atoms with Crippen molar-refractivity contribution in [1.29, 1.82) is 0 Å². The van der Waals surface area contributed by atoms with Crippen LogP contribution in [0.3, 0.4) is 0 Å². The minimum Gasteiger partial charge on any atom is -0.271 e. The number of carbonyl (C=O) groups excluding carboxylic acids is 1. The Balaban J connectivity index is 2.17. The first-order chi connectivity index (χ1) is 12.2. The lowest BCUT2D eigenvalue weighted by molar-refractivity contribution is -0.119. The summed E-state index contributed by atoms with van der Waals surface area (Å²) in [4.78, 5) is 12.2. The van der Waals surface area contributed by atoms with Crippen molar-refractivity contribution in [3.8, 4) is 0 Å². The lowest BCUT2D eigenvalue weighted by atomic mass is 10.1. The van der Waals surface area contributed by atoms with Crippen molar-refractivity contribution in [3.63, 3.8) is 0 Å². The Kier molecular flexibility index (Phi) is 6.39. The monoisotopic (exact) mass is 393 g/mol. The van der Waals surface area contributed by atoms with Crippen LogP contribution in [0, 0.1) is 6.92 Å². The standard InChI is InChI=1S/C18H20ClN3O3S/c1-13-11-16(19)9-10-17(13)22(26(3,24)25)12-18(23)21-20-14(2)15-7-5-4-6-8-15/h4-11H,12H2,1-3H3,(H,21,23)/b20-14-. The Labute approximate surface area is 158 Å². The van der Waals surface area contributed by atoms with Crippen molar-refractivity contribution in [2.75, 3.05) is 17.1 Å². The fourth-order valence-electron chi connectivity index (χ4n) is 2.34. The number of halogens is 1. The molecule has 1 amide bonds. The van der Waals surface area contributed by atoms with E-state index in [2.05, 4.69) is 10.5 Å². The lowest BCUT2D eigenvalue weighted by Gasteiger charge is -2.23. The van der Waals surface area contributed by atoms with Gasteiger partial charge >= 0.3 is 0 Å². The average Bonchev–Trinajstić information content (AvgIpc) is 2.58. The molecule has 0 unspecified atom stereocenters. The first-order valence-electron chi connectivity index (χ1n) is 7.81. The summed E-state index contributed by atoms with van der Waals surface area (Å²) in [5, 5.41) is 4.53. The van der Waals surface area contributed by atoms with Gasteiger partial charge in [0.2, 0.25) is 10.0 Å². The summed E-state index contributed by atoms with van der Waals surface area (Å²) >= 11 is 5.92. The van der Waals surface area contributed by atoms with E-state index in [0.29, 0.717) is 22.0 Å². The average molecular weight is 394 g/mol. The second-order valence-electron chi connectivity index (χ2n) is 5.80. The Hall–Kier alpha value is -2.38. The minimum atomic E-state index is -3.66. The number of nitrogens with zero attached hydrogens (tertiary/aromatic N) is 2. The number of sulfonamides is 1. The first kappa shape index (κ1) is 19.9. The quantitative estimate of drug-likeness (QED) is 0.605. The number of amides is 1. The third kappa shape index (κ3) is 5.31. The summed E-state index contributed by atoms with van der Waals surface area (Å²) in [5.74, 6) is -0.542. The van der Waals surface area contributed by atoms with Crippen molar-refractivity contribution in [2.45, 2.75) is 13.8 Å². The fraction of sp³-hybridized carbons (Fsp3) is 0.222. The minimum absolute atomic E-state index is 0.382. The zero-order valence-electron chi connectivity index (χ0n) is 14.7. The van der Waals surface area contributed by atoms with Crippen molar-refractivity contribution in [2.24, 2.45) is 5.10 Å². The number of hydrogen-bond acceptors (Lipinski definition) is 4. The molecule has 0 radical (unpaired) electrons.